The minimum atomic E-state index is -4.91. The highest BCUT2D eigenvalue weighted by Gasteiger charge is 2.58. The van der Waals surface area contributed by atoms with Gasteiger partial charge in [-0.15, -0.1) is 0 Å². The zero-order valence-electron chi connectivity index (χ0n) is 5.96. The lowest BCUT2D eigenvalue weighted by molar-refractivity contribution is -0.201. The molecule has 0 amide bonds. The van der Waals surface area contributed by atoms with E-state index in [0.717, 1.165) is 0 Å². The Labute approximate surface area is 65.5 Å². The number of halogens is 5. The Morgan fingerprint density at radius 2 is 1.67 bits per heavy atom. The number of rotatable bonds is 4. The number of hydrogen-bond acceptors (Lipinski definition) is 1. The molecule has 0 saturated carbocycles. The molecular weight excluding hydrogens is 183 g/mol. The third-order valence-electron chi connectivity index (χ3n) is 1.23. The minimum Gasteiger partial charge on any atom is -0.396 e. The van der Waals surface area contributed by atoms with Gasteiger partial charge in [-0.1, -0.05) is 6.58 Å². The Balaban J connectivity index is 4.62. The minimum absolute atomic E-state index is 1.14. The van der Waals surface area contributed by atoms with Gasteiger partial charge >= 0.3 is 11.8 Å². The molecule has 0 spiro atoms. The fourth-order valence-electron chi connectivity index (χ4n) is 0.496. The van der Waals surface area contributed by atoms with Gasteiger partial charge in [-0.05, 0) is 0 Å². The lowest BCUT2D eigenvalue weighted by atomic mass is 10.1. The van der Waals surface area contributed by atoms with Crippen LogP contribution in [0.5, 0.6) is 0 Å². The van der Waals surface area contributed by atoms with E-state index >= 15 is 0 Å². The van der Waals surface area contributed by atoms with E-state index in [4.69, 9.17) is 5.11 Å². The van der Waals surface area contributed by atoms with Crippen molar-refractivity contribution in [3.05, 3.63) is 12.4 Å². The summed E-state index contributed by atoms with van der Waals surface area (Å²) in [5.74, 6) is -11.9. The zero-order valence-corrected chi connectivity index (χ0v) is 5.96. The van der Waals surface area contributed by atoms with Crippen molar-refractivity contribution in [1.29, 1.82) is 0 Å². The van der Waals surface area contributed by atoms with Gasteiger partial charge in [-0.3, -0.25) is 0 Å². The van der Waals surface area contributed by atoms with E-state index in [0.29, 0.717) is 0 Å². The highest BCUT2D eigenvalue weighted by molar-refractivity contribution is 5.05. The Morgan fingerprint density at radius 1 is 1.25 bits per heavy atom. The maximum absolute atomic E-state index is 12.2. The molecule has 1 nitrogen and oxygen atoms in total. The van der Waals surface area contributed by atoms with Crippen molar-refractivity contribution in [1.82, 2.24) is 0 Å². The quantitative estimate of drug-likeness (QED) is 0.673. The van der Waals surface area contributed by atoms with Crippen LogP contribution < -0.4 is 0 Å². The highest BCUT2D eigenvalue weighted by atomic mass is 19.3. The normalized spacial score (nSPS) is 13.2. The second-order valence-electron chi connectivity index (χ2n) is 2.16. The number of aliphatic hydroxyl groups excluding tert-OH is 1. The summed E-state index contributed by atoms with van der Waals surface area (Å²) < 4.78 is 60.6. The summed E-state index contributed by atoms with van der Waals surface area (Å²) >= 11 is 0. The molecule has 0 aromatic rings. The summed E-state index contributed by atoms with van der Waals surface area (Å²) in [6.07, 6.45) is -1.50. The fraction of sp³-hybridized carbons (Fsp3) is 0.667. The third-order valence-corrected chi connectivity index (χ3v) is 1.23. The Hall–Kier alpha value is -0.650. The van der Waals surface area contributed by atoms with Crippen LogP contribution in [-0.4, -0.2) is 23.6 Å². The molecule has 0 rings (SSSR count). The van der Waals surface area contributed by atoms with Crippen molar-refractivity contribution in [3.8, 4) is 0 Å². The molecule has 0 heterocycles. The number of alkyl halides is 4. The van der Waals surface area contributed by atoms with Crippen LogP contribution in [0.3, 0.4) is 0 Å². The molecule has 0 aromatic heterocycles. The van der Waals surface area contributed by atoms with Gasteiger partial charge in [0.15, 0.2) is 5.83 Å². The number of allylic oxidation sites excluding steroid dienone is 1. The fourth-order valence-corrected chi connectivity index (χ4v) is 0.496. The van der Waals surface area contributed by atoms with E-state index in [1.807, 2.05) is 0 Å². The standard InChI is InChI=1S/C6H7F5O/c1-4(7)6(10,11)5(8,9)2-3-12/h12H,1-3H2. The summed E-state index contributed by atoms with van der Waals surface area (Å²) in [5, 5.41) is 7.98. The molecule has 0 aromatic carbocycles. The summed E-state index contributed by atoms with van der Waals surface area (Å²) in [6, 6.07) is 0. The Bertz CT molecular complexity index is 177. The van der Waals surface area contributed by atoms with Crippen LogP contribution in [0, 0.1) is 0 Å². The van der Waals surface area contributed by atoms with Crippen LogP contribution in [0.25, 0.3) is 0 Å². The van der Waals surface area contributed by atoms with Crippen LogP contribution >= 0.6 is 0 Å². The van der Waals surface area contributed by atoms with E-state index in [1.54, 1.807) is 0 Å². The zero-order chi connectivity index (χ0) is 9.99. The SMILES string of the molecule is C=C(F)C(F)(F)C(F)(F)CCO. The summed E-state index contributed by atoms with van der Waals surface area (Å²) in [6.45, 7) is 0.954. The largest absolute Gasteiger partial charge is 0.396 e. The summed E-state index contributed by atoms with van der Waals surface area (Å²) in [7, 11) is 0. The van der Waals surface area contributed by atoms with Gasteiger partial charge in [0, 0.05) is 13.0 Å². The molecule has 0 aliphatic carbocycles. The lowest BCUT2D eigenvalue weighted by Gasteiger charge is -2.23. The molecule has 0 bridgehead atoms. The Kier molecular flexibility index (Phi) is 3.20. The lowest BCUT2D eigenvalue weighted by Crippen LogP contribution is -2.41. The van der Waals surface area contributed by atoms with Crippen LogP contribution in [0.2, 0.25) is 0 Å². The van der Waals surface area contributed by atoms with Crippen LogP contribution in [0.15, 0.2) is 12.4 Å². The van der Waals surface area contributed by atoms with Crippen molar-refractivity contribution in [3.63, 3.8) is 0 Å². The van der Waals surface area contributed by atoms with E-state index in [9.17, 15) is 22.0 Å². The van der Waals surface area contributed by atoms with Crippen molar-refractivity contribution < 1.29 is 27.1 Å². The first kappa shape index (κ1) is 11.4. The molecule has 0 unspecified atom stereocenters. The molecule has 1 N–H and O–H groups in total. The van der Waals surface area contributed by atoms with Gasteiger partial charge in [-0.25, -0.2) is 4.39 Å². The van der Waals surface area contributed by atoms with E-state index in [2.05, 4.69) is 6.58 Å². The maximum atomic E-state index is 12.2. The van der Waals surface area contributed by atoms with Gasteiger partial charge in [0.2, 0.25) is 0 Å². The molecule has 72 valence electrons. The van der Waals surface area contributed by atoms with E-state index < -0.39 is 30.7 Å². The molecule has 12 heavy (non-hydrogen) atoms. The first-order valence-electron chi connectivity index (χ1n) is 2.97. The molecule has 6 heteroatoms. The third kappa shape index (κ3) is 1.94. The van der Waals surface area contributed by atoms with Gasteiger partial charge in [-0.2, -0.15) is 17.6 Å². The Morgan fingerprint density at radius 3 is 1.92 bits per heavy atom. The molecule has 0 aliphatic heterocycles. The number of hydrogen-bond donors (Lipinski definition) is 1. The van der Waals surface area contributed by atoms with Crippen molar-refractivity contribution in [2.45, 2.75) is 18.3 Å². The van der Waals surface area contributed by atoms with Gasteiger partial charge in [0.05, 0.1) is 0 Å². The smallest absolute Gasteiger partial charge is 0.360 e. The average Bonchev–Trinajstić information content (AvgIpc) is 1.86. The predicted octanol–water partition coefficient (Wildman–Crippen LogP) is 2.12. The second kappa shape index (κ2) is 3.38. The molecule has 0 fully saturated rings. The molecule has 0 atom stereocenters. The molecule has 0 saturated heterocycles. The van der Waals surface area contributed by atoms with Gasteiger partial charge in [0.1, 0.15) is 0 Å². The van der Waals surface area contributed by atoms with Crippen molar-refractivity contribution in [2.24, 2.45) is 0 Å². The molecule has 0 aliphatic rings. The predicted molar refractivity (Wildman–Crippen MR) is 31.8 cm³/mol. The first-order valence-corrected chi connectivity index (χ1v) is 2.97. The molecule has 0 radical (unpaired) electrons. The van der Waals surface area contributed by atoms with Crippen molar-refractivity contribution in [2.75, 3.05) is 6.61 Å². The monoisotopic (exact) mass is 190 g/mol. The van der Waals surface area contributed by atoms with Crippen LogP contribution in [-0.2, 0) is 0 Å². The van der Waals surface area contributed by atoms with E-state index in [-0.39, 0.29) is 0 Å². The summed E-state index contributed by atoms with van der Waals surface area (Å²) in [4.78, 5) is 0. The van der Waals surface area contributed by atoms with Crippen LogP contribution in [0.1, 0.15) is 6.42 Å². The topological polar surface area (TPSA) is 20.2 Å². The number of aliphatic hydroxyl groups is 1. The summed E-state index contributed by atoms with van der Waals surface area (Å²) in [5.41, 5.74) is 0. The maximum Gasteiger partial charge on any atom is 0.360 e. The van der Waals surface area contributed by atoms with Gasteiger partial charge < -0.3 is 5.11 Å². The average molecular weight is 190 g/mol. The highest BCUT2D eigenvalue weighted by Crippen LogP contribution is 2.41. The first-order chi connectivity index (χ1) is 5.25. The van der Waals surface area contributed by atoms with E-state index in [1.165, 1.54) is 0 Å². The molecular formula is C6H7F5O. The van der Waals surface area contributed by atoms with Crippen molar-refractivity contribution >= 4 is 0 Å². The van der Waals surface area contributed by atoms with Gasteiger partial charge in [0.25, 0.3) is 0 Å². The van der Waals surface area contributed by atoms with Crippen LogP contribution in [0.4, 0.5) is 22.0 Å². The second-order valence-corrected chi connectivity index (χ2v) is 2.16.